The molecular weight excluding hydrogens is 246 g/mol. The summed E-state index contributed by atoms with van der Waals surface area (Å²) in [5, 5.41) is 12.0. The van der Waals surface area contributed by atoms with E-state index in [9.17, 15) is 0 Å². The third-order valence-electron chi connectivity index (χ3n) is 1.90. The van der Waals surface area contributed by atoms with E-state index in [1.54, 1.807) is 11.3 Å². The van der Waals surface area contributed by atoms with E-state index in [0.717, 1.165) is 21.0 Å². The third kappa shape index (κ3) is 1.37. The maximum atomic E-state index is 8.94. The van der Waals surface area contributed by atoms with Gasteiger partial charge in [-0.3, -0.25) is 0 Å². The number of rotatable bonds is 0. The Balaban J connectivity index is 2.95. The summed E-state index contributed by atoms with van der Waals surface area (Å²) in [6.07, 6.45) is 0. The lowest BCUT2D eigenvalue weighted by atomic mass is 10.1. The molecule has 1 heterocycles. The molecule has 1 aromatic heterocycles. The second kappa shape index (κ2) is 3.13. The molecule has 13 heavy (non-hydrogen) atoms. The van der Waals surface area contributed by atoms with Crippen LogP contribution in [0.2, 0.25) is 0 Å². The van der Waals surface area contributed by atoms with E-state index in [2.05, 4.69) is 28.1 Å². The number of hydrogen-bond donors (Lipinski definition) is 0. The summed E-state index contributed by atoms with van der Waals surface area (Å²) in [6.45, 7) is 2.01. The Morgan fingerprint density at radius 3 is 2.92 bits per heavy atom. The van der Waals surface area contributed by atoms with Crippen LogP contribution < -0.4 is 0 Å². The van der Waals surface area contributed by atoms with E-state index < -0.39 is 0 Å². The molecule has 64 valence electrons. The van der Waals surface area contributed by atoms with Crippen molar-refractivity contribution in [1.29, 1.82) is 5.26 Å². The van der Waals surface area contributed by atoms with Crippen molar-refractivity contribution in [3.63, 3.8) is 0 Å². The number of benzene rings is 1. The van der Waals surface area contributed by atoms with Crippen LogP contribution in [-0.4, -0.2) is 0 Å². The Kier molecular flexibility index (Phi) is 2.10. The molecule has 0 amide bonds. The lowest BCUT2D eigenvalue weighted by Gasteiger charge is -1.96. The van der Waals surface area contributed by atoms with Gasteiger partial charge < -0.3 is 0 Å². The van der Waals surface area contributed by atoms with Crippen LogP contribution in [0.4, 0.5) is 0 Å². The second-order valence-electron chi connectivity index (χ2n) is 2.88. The summed E-state index contributed by atoms with van der Waals surface area (Å²) in [4.78, 5) is 0. The number of thiophene rings is 1. The lowest BCUT2D eigenvalue weighted by molar-refractivity contribution is 1.46. The fourth-order valence-electron chi connectivity index (χ4n) is 1.35. The number of aryl methyl sites for hydroxylation is 1. The lowest BCUT2D eigenvalue weighted by Crippen LogP contribution is -1.78. The molecule has 0 aliphatic carbocycles. The zero-order valence-electron chi connectivity index (χ0n) is 6.97. The molecular formula is C10H6BrNS. The quantitative estimate of drug-likeness (QED) is 0.698. The fraction of sp³-hybridized carbons (Fsp3) is 0.100. The highest BCUT2D eigenvalue weighted by molar-refractivity contribution is 9.10. The van der Waals surface area contributed by atoms with Crippen LogP contribution in [0.5, 0.6) is 0 Å². The minimum atomic E-state index is 0.753. The van der Waals surface area contributed by atoms with E-state index in [1.807, 2.05) is 18.4 Å². The van der Waals surface area contributed by atoms with E-state index in [4.69, 9.17) is 5.26 Å². The SMILES string of the molecule is Cc1cc(C#N)c2c(Br)csc2c1. The van der Waals surface area contributed by atoms with Gasteiger partial charge in [-0.15, -0.1) is 11.3 Å². The zero-order chi connectivity index (χ0) is 9.42. The molecule has 0 saturated carbocycles. The van der Waals surface area contributed by atoms with Gasteiger partial charge >= 0.3 is 0 Å². The molecule has 3 heteroatoms. The van der Waals surface area contributed by atoms with Crippen molar-refractivity contribution in [2.45, 2.75) is 6.92 Å². The number of nitriles is 1. The van der Waals surface area contributed by atoms with Crippen LogP contribution in [0.3, 0.4) is 0 Å². The van der Waals surface area contributed by atoms with Crippen LogP contribution in [0.1, 0.15) is 11.1 Å². The first-order valence-corrected chi connectivity index (χ1v) is 5.47. The molecule has 0 saturated heterocycles. The highest BCUT2D eigenvalue weighted by Gasteiger charge is 2.07. The molecule has 1 nitrogen and oxygen atoms in total. The highest BCUT2D eigenvalue weighted by atomic mass is 79.9. The first-order valence-electron chi connectivity index (χ1n) is 3.80. The third-order valence-corrected chi connectivity index (χ3v) is 3.75. The van der Waals surface area contributed by atoms with Gasteiger partial charge in [0.2, 0.25) is 0 Å². The monoisotopic (exact) mass is 251 g/mol. The summed E-state index contributed by atoms with van der Waals surface area (Å²) < 4.78 is 2.19. The summed E-state index contributed by atoms with van der Waals surface area (Å²) in [6, 6.07) is 6.23. The van der Waals surface area contributed by atoms with Crippen molar-refractivity contribution >= 4 is 37.4 Å². The molecule has 0 unspecified atom stereocenters. The summed E-state index contributed by atoms with van der Waals surface area (Å²) in [5.41, 5.74) is 1.89. The Bertz CT molecular complexity index is 507. The molecule has 2 rings (SSSR count). The van der Waals surface area contributed by atoms with Gasteiger partial charge in [-0.05, 0) is 40.5 Å². The van der Waals surface area contributed by atoms with Crippen LogP contribution >= 0.6 is 27.3 Å². The zero-order valence-corrected chi connectivity index (χ0v) is 9.37. The van der Waals surface area contributed by atoms with Crippen LogP contribution in [-0.2, 0) is 0 Å². The molecule has 0 radical (unpaired) electrons. The van der Waals surface area contributed by atoms with Gasteiger partial charge in [-0.2, -0.15) is 5.26 Å². The predicted molar refractivity (Wildman–Crippen MR) is 59.0 cm³/mol. The average Bonchev–Trinajstić information content (AvgIpc) is 2.46. The van der Waals surface area contributed by atoms with Gasteiger partial charge in [-0.25, -0.2) is 0 Å². The Labute approximate surface area is 88.7 Å². The van der Waals surface area contributed by atoms with Crippen molar-refractivity contribution in [3.8, 4) is 6.07 Å². The number of fused-ring (bicyclic) bond motifs is 1. The molecule has 0 bridgehead atoms. The Morgan fingerprint density at radius 2 is 2.23 bits per heavy atom. The molecule has 0 fully saturated rings. The predicted octanol–water partition coefficient (Wildman–Crippen LogP) is 3.84. The highest BCUT2D eigenvalue weighted by Crippen LogP contribution is 2.33. The maximum Gasteiger partial charge on any atom is 0.0999 e. The van der Waals surface area contributed by atoms with Crippen molar-refractivity contribution in [3.05, 3.63) is 33.1 Å². The van der Waals surface area contributed by atoms with Gasteiger partial charge in [0.15, 0.2) is 0 Å². The standard InChI is InChI=1S/C10H6BrNS/c1-6-2-7(4-12)10-8(11)5-13-9(10)3-6/h2-3,5H,1H3. The van der Waals surface area contributed by atoms with E-state index in [1.165, 1.54) is 4.70 Å². The van der Waals surface area contributed by atoms with Crippen LogP contribution in [0.25, 0.3) is 10.1 Å². The molecule has 0 spiro atoms. The summed E-state index contributed by atoms with van der Waals surface area (Å²) in [7, 11) is 0. The topological polar surface area (TPSA) is 23.8 Å². The normalized spacial score (nSPS) is 10.2. The summed E-state index contributed by atoms with van der Waals surface area (Å²) in [5.74, 6) is 0. The van der Waals surface area contributed by atoms with Gasteiger partial charge in [-0.1, -0.05) is 0 Å². The van der Waals surface area contributed by atoms with Gasteiger partial charge in [0, 0.05) is 19.9 Å². The minimum Gasteiger partial charge on any atom is -0.192 e. The average molecular weight is 252 g/mol. The Morgan fingerprint density at radius 1 is 1.46 bits per heavy atom. The smallest absolute Gasteiger partial charge is 0.0999 e. The van der Waals surface area contributed by atoms with E-state index in [0.29, 0.717) is 0 Å². The molecule has 2 aromatic rings. The molecule has 0 atom stereocenters. The summed E-state index contributed by atoms with van der Waals surface area (Å²) >= 11 is 5.10. The van der Waals surface area contributed by atoms with Gasteiger partial charge in [0.05, 0.1) is 11.6 Å². The van der Waals surface area contributed by atoms with Crippen molar-refractivity contribution in [2.24, 2.45) is 0 Å². The number of nitrogens with zero attached hydrogens (tertiary/aromatic N) is 1. The minimum absolute atomic E-state index is 0.753. The van der Waals surface area contributed by atoms with E-state index in [-0.39, 0.29) is 0 Å². The number of hydrogen-bond acceptors (Lipinski definition) is 2. The Hall–Kier alpha value is -0.850. The molecule has 1 aromatic carbocycles. The van der Waals surface area contributed by atoms with E-state index >= 15 is 0 Å². The first kappa shape index (κ1) is 8.74. The molecule has 0 aliphatic rings. The maximum absolute atomic E-state index is 8.94. The van der Waals surface area contributed by atoms with Crippen molar-refractivity contribution < 1.29 is 0 Å². The van der Waals surface area contributed by atoms with Crippen LogP contribution in [0.15, 0.2) is 22.0 Å². The number of halogens is 1. The molecule has 0 N–H and O–H groups in total. The second-order valence-corrected chi connectivity index (χ2v) is 4.65. The van der Waals surface area contributed by atoms with Crippen LogP contribution in [0, 0.1) is 18.3 Å². The fourth-order valence-corrected chi connectivity index (χ4v) is 3.13. The van der Waals surface area contributed by atoms with Crippen molar-refractivity contribution in [2.75, 3.05) is 0 Å². The van der Waals surface area contributed by atoms with Gasteiger partial charge in [0.1, 0.15) is 0 Å². The van der Waals surface area contributed by atoms with Crippen molar-refractivity contribution in [1.82, 2.24) is 0 Å². The largest absolute Gasteiger partial charge is 0.192 e. The van der Waals surface area contributed by atoms with Gasteiger partial charge in [0.25, 0.3) is 0 Å². The first-order chi connectivity index (χ1) is 6.22. The molecule has 0 aliphatic heterocycles.